The van der Waals surface area contributed by atoms with Gasteiger partial charge in [0.1, 0.15) is 0 Å². The smallest absolute Gasteiger partial charge is 0.251 e. The molecule has 7 heteroatoms. The third-order valence-corrected chi connectivity index (χ3v) is 6.26. The van der Waals surface area contributed by atoms with E-state index in [-0.39, 0.29) is 5.91 Å². The Labute approximate surface area is 163 Å². The van der Waals surface area contributed by atoms with Crippen LogP contribution in [0.3, 0.4) is 0 Å². The average molecular weight is 392 g/mol. The molecule has 0 spiro atoms. The third-order valence-electron chi connectivity index (χ3n) is 4.40. The second kappa shape index (κ2) is 9.50. The van der Waals surface area contributed by atoms with Gasteiger partial charge in [-0.3, -0.25) is 9.69 Å². The summed E-state index contributed by atoms with van der Waals surface area (Å²) in [6.07, 6.45) is 0. The van der Waals surface area contributed by atoms with E-state index in [1.165, 1.54) is 0 Å². The molecule has 0 radical (unpaired) electrons. The molecule has 1 aliphatic rings. The molecule has 0 aliphatic carbocycles. The summed E-state index contributed by atoms with van der Waals surface area (Å²) >= 11 is 3.41. The fourth-order valence-electron chi connectivity index (χ4n) is 2.82. The number of thiazole rings is 1. The lowest BCUT2D eigenvalue weighted by Gasteiger charge is -2.32. The second-order valence-corrected chi connectivity index (χ2v) is 8.49. The van der Waals surface area contributed by atoms with Gasteiger partial charge < -0.3 is 10.1 Å². The number of ether oxygens (including phenoxy) is 1. The van der Waals surface area contributed by atoms with Crippen LogP contribution in [0, 0.1) is 6.92 Å². The van der Waals surface area contributed by atoms with Gasteiger partial charge in [-0.1, -0.05) is 0 Å². The first-order chi connectivity index (χ1) is 12.6. The molecule has 26 heavy (non-hydrogen) atoms. The maximum absolute atomic E-state index is 12.4. The zero-order valence-corrected chi connectivity index (χ0v) is 16.9. The van der Waals surface area contributed by atoms with Crippen molar-refractivity contribution in [2.24, 2.45) is 0 Å². The Morgan fingerprint density at radius 2 is 2.08 bits per heavy atom. The summed E-state index contributed by atoms with van der Waals surface area (Å²) in [6.45, 7) is 8.23. The molecule has 1 aliphatic heterocycles. The fraction of sp³-hybridized carbons (Fsp3) is 0.474. The van der Waals surface area contributed by atoms with Crippen molar-refractivity contribution < 1.29 is 9.53 Å². The van der Waals surface area contributed by atoms with Crippen LogP contribution in [-0.4, -0.2) is 54.7 Å². The second-order valence-electron chi connectivity index (χ2n) is 6.38. The van der Waals surface area contributed by atoms with Gasteiger partial charge in [0.25, 0.3) is 5.91 Å². The number of nitrogens with zero attached hydrogens (tertiary/aromatic N) is 2. The quantitative estimate of drug-likeness (QED) is 0.735. The maximum atomic E-state index is 12.4. The van der Waals surface area contributed by atoms with Gasteiger partial charge in [0.15, 0.2) is 0 Å². The number of hydrogen-bond acceptors (Lipinski definition) is 6. The molecule has 1 amide bonds. The average Bonchev–Trinajstić information content (AvgIpc) is 3.10. The Morgan fingerprint density at radius 1 is 1.35 bits per heavy atom. The molecule has 1 aromatic heterocycles. The van der Waals surface area contributed by atoms with Crippen LogP contribution in [0.4, 0.5) is 0 Å². The third kappa shape index (κ3) is 5.54. The van der Waals surface area contributed by atoms with Crippen molar-refractivity contribution in [1.82, 2.24) is 15.2 Å². The van der Waals surface area contributed by atoms with Crippen molar-refractivity contribution in [1.29, 1.82) is 0 Å². The zero-order chi connectivity index (χ0) is 18.4. The molecule has 1 saturated heterocycles. The standard InChI is InChI=1S/C19H25N3O2S2/c1-14(22-7-9-24-10-8-22)11-20-19(23)16-3-5-18(6-4-16)26-13-17-12-25-15(2)21-17/h3-6,12,14H,7-11,13H2,1-2H3,(H,20,23). The summed E-state index contributed by atoms with van der Waals surface area (Å²) in [7, 11) is 0. The predicted octanol–water partition coefficient (Wildman–Crippen LogP) is 3.19. The van der Waals surface area contributed by atoms with Gasteiger partial charge in [-0.25, -0.2) is 4.98 Å². The van der Waals surface area contributed by atoms with Crippen molar-refractivity contribution >= 4 is 29.0 Å². The number of aryl methyl sites for hydroxylation is 1. The molecule has 1 atom stereocenters. The molecule has 1 aromatic carbocycles. The summed E-state index contributed by atoms with van der Waals surface area (Å²) in [5.74, 6) is 0.837. The molecule has 5 nitrogen and oxygen atoms in total. The van der Waals surface area contributed by atoms with Gasteiger partial charge >= 0.3 is 0 Å². The minimum atomic E-state index is -0.0169. The highest BCUT2D eigenvalue weighted by molar-refractivity contribution is 7.98. The van der Waals surface area contributed by atoms with Gasteiger partial charge in [0.05, 0.1) is 23.9 Å². The van der Waals surface area contributed by atoms with Crippen LogP contribution in [0.25, 0.3) is 0 Å². The molecular weight excluding hydrogens is 366 g/mol. The van der Waals surface area contributed by atoms with Gasteiger partial charge in [0, 0.05) is 47.3 Å². The molecule has 0 saturated carbocycles. The highest BCUT2D eigenvalue weighted by Crippen LogP contribution is 2.23. The van der Waals surface area contributed by atoms with Crippen molar-refractivity contribution in [3.8, 4) is 0 Å². The molecule has 140 valence electrons. The van der Waals surface area contributed by atoms with E-state index < -0.39 is 0 Å². The van der Waals surface area contributed by atoms with E-state index in [1.54, 1.807) is 23.1 Å². The number of morpholine rings is 1. The summed E-state index contributed by atoms with van der Waals surface area (Å²) in [5.41, 5.74) is 1.81. The van der Waals surface area contributed by atoms with E-state index in [4.69, 9.17) is 4.74 Å². The number of nitrogens with one attached hydrogen (secondary N) is 1. The van der Waals surface area contributed by atoms with Gasteiger partial charge in [-0.15, -0.1) is 23.1 Å². The van der Waals surface area contributed by atoms with Crippen LogP contribution in [0.1, 0.15) is 28.0 Å². The highest BCUT2D eigenvalue weighted by atomic mass is 32.2. The van der Waals surface area contributed by atoms with Crippen LogP contribution in [0.15, 0.2) is 34.5 Å². The van der Waals surface area contributed by atoms with Crippen LogP contribution < -0.4 is 5.32 Å². The first kappa shape index (κ1) is 19.4. The molecular formula is C19H25N3O2S2. The minimum Gasteiger partial charge on any atom is -0.379 e. The maximum Gasteiger partial charge on any atom is 0.251 e. The first-order valence-electron chi connectivity index (χ1n) is 8.85. The highest BCUT2D eigenvalue weighted by Gasteiger charge is 2.17. The number of amides is 1. The summed E-state index contributed by atoms with van der Waals surface area (Å²) < 4.78 is 5.37. The summed E-state index contributed by atoms with van der Waals surface area (Å²) in [5, 5.41) is 6.23. The van der Waals surface area contributed by atoms with Crippen LogP contribution >= 0.6 is 23.1 Å². The van der Waals surface area contributed by atoms with Crippen LogP contribution in [-0.2, 0) is 10.5 Å². The van der Waals surface area contributed by atoms with E-state index in [2.05, 4.69) is 27.5 Å². The van der Waals surface area contributed by atoms with Crippen LogP contribution in [0.2, 0.25) is 0 Å². The Bertz CT molecular complexity index is 712. The molecule has 0 bridgehead atoms. The minimum absolute atomic E-state index is 0.0169. The van der Waals surface area contributed by atoms with Gasteiger partial charge in [-0.2, -0.15) is 0 Å². The normalized spacial score (nSPS) is 16.4. The van der Waals surface area contributed by atoms with Gasteiger partial charge in [-0.05, 0) is 38.1 Å². The largest absolute Gasteiger partial charge is 0.379 e. The first-order valence-corrected chi connectivity index (χ1v) is 10.7. The SMILES string of the molecule is Cc1nc(CSc2ccc(C(=O)NCC(C)N3CCOCC3)cc2)cs1. The number of aromatic nitrogens is 1. The number of hydrogen-bond donors (Lipinski definition) is 1. The summed E-state index contributed by atoms with van der Waals surface area (Å²) in [6, 6.07) is 8.11. The topological polar surface area (TPSA) is 54.5 Å². The Kier molecular flexibility index (Phi) is 7.07. The van der Waals surface area contributed by atoms with E-state index in [9.17, 15) is 4.79 Å². The van der Waals surface area contributed by atoms with Crippen LogP contribution in [0.5, 0.6) is 0 Å². The molecule has 2 heterocycles. The number of rotatable bonds is 7. The lowest BCUT2D eigenvalue weighted by atomic mass is 10.2. The Hall–Kier alpha value is -1.41. The van der Waals surface area contributed by atoms with Crippen molar-refractivity contribution in [3.63, 3.8) is 0 Å². The van der Waals surface area contributed by atoms with Crippen molar-refractivity contribution in [2.45, 2.75) is 30.5 Å². The Morgan fingerprint density at radius 3 is 2.73 bits per heavy atom. The summed E-state index contributed by atoms with van der Waals surface area (Å²) in [4.78, 5) is 20.3. The van der Waals surface area contributed by atoms with E-state index in [0.717, 1.165) is 47.7 Å². The van der Waals surface area contributed by atoms with Crippen molar-refractivity contribution in [2.75, 3.05) is 32.8 Å². The number of benzene rings is 1. The molecule has 1 fully saturated rings. The molecule has 1 N–H and O–H groups in total. The van der Waals surface area contributed by atoms with Gasteiger partial charge in [0.2, 0.25) is 0 Å². The van der Waals surface area contributed by atoms with E-state index >= 15 is 0 Å². The molecule has 1 unspecified atom stereocenters. The predicted molar refractivity (Wildman–Crippen MR) is 107 cm³/mol. The monoisotopic (exact) mass is 391 g/mol. The lowest BCUT2D eigenvalue weighted by molar-refractivity contribution is 0.0204. The number of thioether (sulfide) groups is 1. The number of carbonyl (C=O) groups is 1. The van der Waals surface area contributed by atoms with E-state index in [1.807, 2.05) is 31.2 Å². The number of carbonyl (C=O) groups excluding carboxylic acids is 1. The van der Waals surface area contributed by atoms with E-state index in [0.29, 0.717) is 18.2 Å². The fourth-order valence-corrected chi connectivity index (χ4v) is 4.33. The zero-order valence-electron chi connectivity index (χ0n) is 15.2. The molecule has 3 rings (SSSR count). The van der Waals surface area contributed by atoms with Crippen molar-refractivity contribution in [3.05, 3.63) is 45.9 Å². The Balaban J connectivity index is 1.45. The molecule has 2 aromatic rings. The lowest BCUT2D eigenvalue weighted by Crippen LogP contribution is -2.47.